The van der Waals surface area contributed by atoms with Crippen LogP contribution in [0, 0.1) is 6.92 Å². The van der Waals surface area contributed by atoms with Gasteiger partial charge in [0.05, 0.1) is 13.2 Å². The van der Waals surface area contributed by atoms with Crippen LogP contribution < -0.4 is 9.47 Å². The molecule has 0 saturated heterocycles. The van der Waals surface area contributed by atoms with Gasteiger partial charge in [-0.15, -0.1) is 0 Å². The van der Waals surface area contributed by atoms with Crippen molar-refractivity contribution < 1.29 is 19.7 Å². The monoisotopic (exact) mass is 370 g/mol. The normalized spacial score (nSPS) is 19.7. The van der Waals surface area contributed by atoms with Crippen LogP contribution in [0.4, 0.5) is 0 Å². The third kappa shape index (κ3) is 5.24. The first kappa shape index (κ1) is 19.7. The van der Waals surface area contributed by atoms with E-state index in [4.69, 9.17) is 19.7 Å². The molecule has 1 aliphatic rings. The van der Waals surface area contributed by atoms with Gasteiger partial charge in [-0.25, -0.2) is 0 Å². The van der Waals surface area contributed by atoms with Crippen LogP contribution in [0.25, 0.3) is 0 Å². The molecule has 0 amide bonds. The van der Waals surface area contributed by atoms with Gasteiger partial charge < -0.3 is 19.7 Å². The largest absolute Gasteiger partial charge is 0.491 e. The van der Waals surface area contributed by atoms with Crippen LogP contribution in [0.5, 0.6) is 11.5 Å². The van der Waals surface area contributed by atoms with Gasteiger partial charge in [-0.05, 0) is 79.3 Å². The Morgan fingerprint density at radius 1 is 0.778 bits per heavy atom. The summed E-state index contributed by atoms with van der Waals surface area (Å²) >= 11 is 0. The quantitative estimate of drug-likeness (QED) is 0.732. The molecule has 0 aliphatic heterocycles. The summed E-state index contributed by atoms with van der Waals surface area (Å²) in [5.74, 6) is 2.91. The van der Waals surface area contributed by atoms with Crippen molar-refractivity contribution in [2.45, 2.75) is 44.4 Å². The van der Waals surface area contributed by atoms with Crippen molar-refractivity contribution in [2.75, 3.05) is 26.4 Å². The third-order valence-electron chi connectivity index (χ3n) is 5.46. The van der Waals surface area contributed by atoms with Crippen LogP contribution in [-0.2, 0) is 0 Å². The molecule has 1 fully saturated rings. The summed E-state index contributed by atoms with van der Waals surface area (Å²) in [4.78, 5) is 0. The van der Waals surface area contributed by atoms with E-state index < -0.39 is 0 Å². The van der Waals surface area contributed by atoms with Gasteiger partial charge >= 0.3 is 0 Å². The predicted molar refractivity (Wildman–Crippen MR) is 107 cm³/mol. The topological polar surface area (TPSA) is 58.9 Å². The molecule has 2 aromatic carbocycles. The Morgan fingerprint density at radius 3 is 1.93 bits per heavy atom. The maximum atomic E-state index is 8.91. The molecule has 0 heterocycles. The summed E-state index contributed by atoms with van der Waals surface area (Å²) in [6.07, 6.45) is 4.79. The number of rotatable bonds is 8. The Hall–Kier alpha value is -2.04. The maximum absolute atomic E-state index is 8.91. The first-order chi connectivity index (χ1) is 13.2. The number of hydrogen-bond donors (Lipinski definition) is 2. The number of ether oxygens (including phenoxy) is 2. The van der Waals surface area contributed by atoms with E-state index in [1.165, 1.54) is 36.8 Å². The van der Waals surface area contributed by atoms with Gasteiger partial charge in [-0.3, -0.25) is 0 Å². The minimum absolute atomic E-state index is 0.0414. The first-order valence-electron chi connectivity index (χ1n) is 9.89. The molecule has 4 heteroatoms. The van der Waals surface area contributed by atoms with Crippen LogP contribution in [0.15, 0.2) is 42.5 Å². The van der Waals surface area contributed by atoms with E-state index in [1.54, 1.807) is 0 Å². The second-order valence-corrected chi connectivity index (χ2v) is 7.29. The SMILES string of the molecule is Cc1cc(C2CCC(c3ccc(OCCO)cc3)CC2)ccc1OCCO. The lowest BCUT2D eigenvalue weighted by Gasteiger charge is -2.29. The van der Waals surface area contributed by atoms with E-state index in [2.05, 4.69) is 31.2 Å². The second-order valence-electron chi connectivity index (χ2n) is 7.29. The molecule has 3 rings (SSSR count). The molecule has 0 atom stereocenters. The average molecular weight is 370 g/mol. The van der Waals surface area contributed by atoms with Crippen molar-refractivity contribution >= 4 is 0 Å². The number of aryl methyl sites for hydroxylation is 1. The molecule has 0 spiro atoms. The Labute approximate surface area is 161 Å². The van der Waals surface area contributed by atoms with E-state index >= 15 is 0 Å². The number of aliphatic hydroxyl groups excluding tert-OH is 2. The van der Waals surface area contributed by atoms with Crippen LogP contribution >= 0.6 is 0 Å². The molecule has 1 aliphatic carbocycles. The minimum atomic E-state index is 0.0414. The van der Waals surface area contributed by atoms with E-state index in [9.17, 15) is 0 Å². The molecular weight excluding hydrogens is 340 g/mol. The lowest BCUT2D eigenvalue weighted by atomic mass is 9.76. The first-order valence-corrected chi connectivity index (χ1v) is 9.89. The zero-order valence-electron chi connectivity index (χ0n) is 16.1. The maximum Gasteiger partial charge on any atom is 0.122 e. The number of hydrogen-bond acceptors (Lipinski definition) is 4. The molecule has 2 aromatic rings. The molecule has 4 nitrogen and oxygen atoms in total. The zero-order chi connectivity index (χ0) is 19.1. The van der Waals surface area contributed by atoms with Gasteiger partial charge in [0.1, 0.15) is 24.7 Å². The van der Waals surface area contributed by atoms with E-state index in [1.807, 2.05) is 18.2 Å². The van der Waals surface area contributed by atoms with E-state index in [0.29, 0.717) is 25.0 Å². The minimum Gasteiger partial charge on any atom is -0.491 e. The van der Waals surface area contributed by atoms with E-state index in [0.717, 1.165) is 17.1 Å². The zero-order valence-corrected chi connectivity index (χ0v) is 16.1. The number of aliphatic hydroxyl groups is 2. The highest BCUT2D eigenvalue weighted by atomic mass is 16.5. The summed E-state index contributed by atoms with van der Waals surface area (Å²) in [6, 6.07) is 14.8. The highest BCUT2D eigenvalue weighted by Crippen LogP contribution is 2.41. The van der Waals surface area contributed by atoms with Gasteiger partial charge in [0, 0.05) is 0 Å². The Bertz CT molecular complexity index is 703. The summed E-state index contributed by atoms with van der Waals surface area (Å²) in [6.45, 7) is 2.84. The van der Waals surface area contributed by atoms with Crippen LogP contribution in [0.3, 0.4) is 0 Å². The molecule has 0 unspecified atom stereocenters. The number of benzene rings is 2. The Kier molecular flexibility index (Phi) is 7.13. The summed E-state index contributed by atoms with van der Waals surface area (Å²) in [5, 5.41) is 17.7. The smallest absolute Gasteiger partial charge is 0.122 e. The fourth-order valence-corrected chi connectivity index (χ4v) is 4.00. The highest BCUT2D eigenvalue weighted by molar-refractivity contribution is 5.38. The summed E-state index contributed by atoms with van der Waals surface area (Å²) in [5.41, 5.74) is 3.92. The average Bonchev–Trinajstić information content (AvgIpc) is 2.72. The van der Waals surface area contributed by atoms with Crippen molar-refractivity contribution in [1.82, 2.24) is 0 Å². The lowest BCUT2D eigenvalue weighted by molar-refractivity contribution is 0.200. The van der Waals surface area contributed by atoms with Crippen LogP contribution in [0.2, 0.25) is 0 Å². The van der Waals surface area contributed by atoms with Gasteiger partial charge in [0.25, 0.3) is 0 Å². The second kappa shape index (κ2) is 9.77. The van der Waals surface area contributed by atoms with Crippen molar-refractivity contribution in [1.29, 1.82) is 0 Å². The molecule has 0 radical (unpaired) electrons. The fraction of sp³-hybridized carbons (Fsp3) is 0.478. The summed E-state index contributed by atoms with van der Waals surface area (Å²) in [7, 11) is 0. The molecule has 146 valence electrons. The third-order valence-corrected chi connectivity index (χ3v) is 5.46. The predicted octanol–water partition coefficient (Wildman–Crippen LogP) is 4.18. The van der Waals surface area contributed by atoms with Gasteiger partial charge in [0.2, 0.25) is 0 Å². The Morgan fingerprint density at radius 2 is 1.33 bits per heavy atom. The van der Waals surface area contributed by atoms with Crippen LogP contribution in [-0.4, -0.2) is 36.6 Å². The molecule has 1 saturated carbocycles. The van der Waals surface area contributed by atoms with Crippen molar-refractivity contribution in [3.05, 3.63) is 59.2 Å². The highest BCUT2D eigenvalue weighted by Gasteiger charge is 2.24. The molecule has 2 N–H and O–H groups in total. The molecule has 27 heavy (non-hydrogen) atoms. The van der Waals surface area contributed by atoms with E-state index in [-0.39, 0.29) is 13.2 Å². The van der Waals surface area contributed by atoms with Crippen molar-refractivity contribution in [3.63, 3.8) is 0 Å². The standard InChI is InChI=1S/C23H30O4/c1-17-16-21(8-11-23(17)27-15-13-25)20-4-2-18(3-5-20)19-6-9-22(10-7-19)26-14-12-24/h6-11,16,18,20,24-25H,2-5,12-15H2,1H3. The molecule has 0 bridgehead atoms. The van der Waals surface area contributed by atoms with Crippen molar-refractivity contribution in [3.8, 4) is 11.5 Å². The van der Waals surface area contributed by atoms with Crippen LogP contribution in [0.1, 0.15) is 54.2 Å². The van der Waals surface area contributed by atoms with Gasteiger partial charge in [-0.2, -0.15) is 0 Å². The van der Waals surface area contributed by atoms with Gasteiger partial charge in [0.15, 0.2) is 0 Å². The lowest BCUT2D eigenvalue weighted by Crippen LogP contribution is -2.12. The van der Waals surface area contributed by atoms with Gasteiger partial charge in [-0.1, -0.05) is 24.3 Å². The fourth-order valence-electron chi connectivity index (χ4n) is 4.00. The molecular formula is C23H30O4. The molecule has 0 aromatic heterocycles. The van der Waals surface area contributed by atoms with Crippen molar-refractivity contribution in [2.24, 2.45) is 0 Å². The summed E-state index contributed by atoms with van der Waals surface area (Å²) < 4.78 is 11.0. The Balaban J connectivity index is 1.56.